The van der Waals surface area contributed by atoms with Gasteiger partial charge in [0.25, 0.3) is 11.8 Å². The summed E-state index contributed by atoms with van der Waals surface area (Å²) in [6.07, 6.45) is 7.65. The SMILES string of the molecule is CCCN(CCC)C(=O)c1cccc(C(=O)N[C@@H](Cc2cccc(F)c2F)[C@@H](N)C[C@@H](C)C(=O)NCC2CCCCC2)c1. The van der Waals surface area contributed by atoms with Crippen LogP contribution < -0.4 is 16.4 Å². The van der Waals surface area contributed by atoms with Crippen LogP contribution in [0.25, 0.3) is 0 Å². The molecule has 3 amide bonds. The number of rotatable bonds is 15. The minimum absolute atomic E-state index is 0.0632. The molecular formula is C34H48F2N4O3. The standard InChI is InChI=1S/C34H48F2N4O3/c1-4-17-40(18-5-2)34(43)27-15-9-14-26(20-27)33(42)39-30(21-25-13-10-16-28(35)31(25)36)29(37)19-23(3)32(41)38-22-24-11-7-6-8-12-24/h9-10,13-16,20,23-24,29-30H,4-8,11-12,17-19,21-22,37H2,1-3H3,(H,38,41)(H,39,42)/t23-,29+,30+/m1/s1. The molecule has 1 aliphatic rings. The number of halogens is 2. The predicted octanol–water partition coefficient (Wildman–Crippen LogP) is 5.62. The lowest BCUT2D eigenvalue weighted by molar-refractivity contribution is -0.125. The van der Waals surface area contributed by atoms with E-state index < -0.39 is 35.5 Å². The first-order valence-electron chi connectivity index (χ1n) is 15.8. The van der Waals surface area contributed by atoms with E-state index in [4.69, 9.17) is 5.73 Å². The number of amides is 3. The largest absolute Gasteiger partial charge is 0.356 e. The third-order valence-electron chi connectivity index (χ3n) is 8.31. The van der Waals surface area contributed by atoms with E-state index >= 15 is 0 Å². The van der Waals surface area contributed by atoms with Gasteiger partial charge in [-0.1, -0.05) is 58.2 Å². The summed E-state index contributed by atoms with van der Waals surface area (Å²) in [4.78, 5) is 41.3. The molecule has 43 heavy (non-hydrogen) atoms. The molecule has 9 heteroatoms. The Morgan fingerprint density at radius 1 is 0.977 bits per heavy atom. The predicted molar refractivity (Wildman–Crippen MR) is 166 cm³/mol. The molecule has 2 aromatic rings. The van der Waals surface area contributed by atoms with Gasteiger partial charge in [-0.3, -0.25) is 14.4 Å². The van der Waals surface area contributed by atoms with Crippen molar-refractivity contribution < 1.29 is 23.2 Å². The van der Waals surface area contributed by atoms with E-state index in [-0.39, 0.29) is 35.8 Å². The summed E-state index contributed by atoms with van der Waals surface area (Å²) < 4.78 is 28.7. The fraction of sp³-hybridized carbons (Fsp3) is 0.559. The summed E-state index contributed by atoms with van der Waals surface area (Å²) >= 11 is 0. The molecule has 0 saturated heterocycles. The van der Waals surface area contributed by atoms with Crippen LogP contribution in [0.5, 0.6) is 0 Å². The molecule has 0 bridgehead atoms. The number of nitrogens with zero attached hydrogens (tertiary/aromatic N) is 1. The molecule has 3 rings (SSSR count). The van der Waals surface area contributed by atoms with Gasteiger partial charge in [0.05, 0.1) is 0 Å². The van der Waals surface area contributed by atoms with Crippen LogP contribution in [0, 0.1) is 23.5 Å². The number of hydrogen-bond donors (Lipinski definition) is 3. The Labute approximate surface area is 255 Å². The molecule has 236 valence electrons. The Morgan fingerprint density at radius 2 is 1.63 bits per heavy atom. The van der Waals surface area contributed by atoms with Crippen molar-refractivity contribution in [1.29, 1.82) is 0 Å². The van der Waals surface area contributed by atoms with E-state index in [9.17, 15) is 23.2 Å². The number of benzene rings is 2. The van der Waals surface area contributed by atoms with Gasteiger partial charge in [-0.25, -0.2) is 8.78 Å². The highest BCUT2D eigenvalue weighted by molar-refractivity contribution is 5.99. The highest BCUT2D eigenvalue weighted by Gasteiger charge is 2.28. The van der Waals surface area contributed by atoms with Crippen LogP contribution in [0.15, 0.2) is 42.5 Å². The normalized spacial score (nSPS) is 15.8. The molecule has 4 N–H and O–H groups in total. The first-order valence-corrected chi connectivity index (χ1v) is 15.8. The van der Waals surface area contributed by atoms with Crippen molar-refractivity contribution in [3.05, 3.63) is 70.8 Å². The topological polar surface area (TPSA) is 105 Å². The maximum Gasteiger partial charge on any atom is 0.253 e. The van der Waals surface area contributed by atoms with E-state index in [1.54, 1.807) is 36.1 Å². The Bertz CT molecular complexity index is 1210. The van der Waals surface area contributed by atoms with Gasteiger partial charge >= 0.3 is 0 Å². The Morgan fingerprint density at radius 3 is 2.30 bits per heavy atom. The monoisotopic (exact) mass is 598 g/mol. The lowest BCUT2D eigenvalue weighted by atomic mass is 9.89. The third-order valence-corrected chi connectivity index (χ3v) is 8.31. The highest BCUT2D eigenvalue weighted by atomic mass is 19.2. The second-order valence-corrected chi connectivity index (χ2v) is 11.9. The number of carbonyl (C=O) groups is 3. The van der Waals surface area contributed by atoms with Crippen LogP contribution in [-0.4, -0.2) is 54.3 Å². The minimum atomic E-state index is -0.994. The van der Waals surface area contributed by atoms with Crippen LogP contribution in [0.2, 0.25) is 0 Å². The van der Waals surface area contributed by atoms with Crippen molar-refractivity contribution in [1.82, 2.24) is 15.5 Å². The van der Waals surface area contributed by atoms with E-state index in [1.165, 1.54) is 31.4 Å². The molecule has 0 aliphatic heterocycles. The molecule has 7 nitrogen and oxygen atoms in total. The molecule has 0 unspecified atom stereocenters. The van der Waals surface area contributed by atoms with Crippen molar-refractivity contribution in [3.63, 3.8) is 0 Å². The number of nitrogens with one attached hydrogen (secondary N) is 2. The van der Waals surface area contributed by atoms with Gasteiger partial charge in [-0.15, -0.1) is 0 Å². The van der Waals surface area contributed by atoms with Crippen molar-refractivity contribution in [3.8, 4) is 0 Å². The summed E-state index contributed by atoms with van der Waals surface area (Å²) in [6, 6.07) is 8.85. The zero-order valence-electron chi connectivity index (χ0n) is 25.8. The van der Waals surface area contributed by atoms with Gasteiger partial charge in [0.1, 0.15) is 0 Å². The van der Waals surface area contributed by atoms with Crippen LogP contribution in [0.1, 0.15) is 98.4 Å². The zero-order valence-corrected chi connectivity index (χ0v) is 25.8. The molecule has 1 saturated carbocycles. The Kier molecular flexibility index (Phi) is 13.6. The smallest absolute Gasteiger partial charge is 0.253 e. The lowest BCUT2D eigenvalue weighted by Gasteiger charge is -2.28. The second kappa shape index (κ2) is 17.1. The van der Waals surface area contributed by atoms with Gasteiger partial charge in [0.2, 0.25) is 5.91 Å². The molecule has 2 aromatic carbocycles. The number of hydrogen-bond acceptors (Lipinski definition) is 4. The molecule has 1 aliphatic carbocycles. The molecular weight excluding hydrogens is 550 g/mol. The molecule has 0 aromatic heterocycles. The third kappa shape index (κ3) is 10.1. The van der Waals surface area contributed by atoms with Gasteiger partial charge < -0.3 is 21.3 Å². The number of nitrogens with two attached hydrogens (primary N) is 1. The fourth-order valence-corrected chi connectivity index (χ4v) is 5.82. The summed E-state index contributed by atoms with van der Waals surface area (Å²) in [5.41, 5.74) is 7.30. The van der Waals surface area contributed by atoms with Crippen molar-refractivity contribution in [2.75, 3.05) is 19.6 Å². The lowest BCUT2D eigenvalue weighted by Crippen LogP contribution is -2.50. The highest BCUT2D eigenvalue weighted by Crippen LogP contribution is 2.23. The maximum absolute atomic E-state index is 14.7. The fourth-order valence-electron chi connectivity index (χ4n) is 5.82. The first-order chi connectivity index (χ1) is 20.6. The summed E-state index contributed by atoms with van der Waals surface area (Å²) in [6.45, 7) is 7.66. The molecule has 0 heterocycles. The van der Waals surface area contributed by atoms with Crippen LogP contribution >= 0.6 is 0 Å². The van der Waals surface area contributed by atoms with Crippen LogP contribution in [0.4, 0.5) is 8.78 Å². The summed E-state index contributed by atoms with van der Waals surface area (Å²) in [5.74, 6) is -2.69. The second-order valence-electron chi connectivity index (χ2n) is 11.9. The van der Waals surface area contributed by atoms with E-state index in [1.807, 2.05) is 13.8 Å². The molecule has 0 radical (unpaired) electrons. The summed E-state index contributed by atoms with van der Waals surface area (Å²) in [5, 5.41) is 5.94. The molecule has 3 atom stereocenters. The van der Waals surface area contributed by atoms with Gasteiger partial charge in [0, 0.05) is 48.8 Å². The maximum atomic E-state index is 14.7. The number of carbonyl (C=O) groups excluding carboxylic acids is 3. The van der Waals surface area contributed by atoms with Crippen molar-refractivity contribution >= 4 is 17.7 Å². The first kappa shape index (κ1) is 34.2. The van der Waals surface area contributed by atoms with Gasteiger partial charge in [0.15, 0.2) is 11.6 Å². The van der Waals surface area contributed by atoms with E-state index in [0.717, 1.165) is 31.7 Å². The molecule has 1 fully saturated rings. The summed E-state index contributed by atoms with van der Waals surface area (Å²) in [7, 11) is 0. The van der Waals surface area contributed by atoms with Crippen LogP contribution in [0.3, 0.4) is 0 Å². The van der Waals surface area contributed by atoms with Crippen molar-refractivity contribution in [2.45, 2.75) is 90.6 Å². The average Bonchev–Trinajstić information content (AvgIpc) is 3.01. The Hall–Kier alpha value is -3.33. The zero-order chi connectivity index (χ0) is 31.4. The average molecular weight is 599 g/mol. The Balaban J connectivity index is 1.75. The van der Waals surface area contributed by atoms with Gasteiger partial charge in [-0.2, -0.15) is 0 Å². The van der Waals surface area contributed by atoms with Gasteiger partial charge in [-0.05, 0) is 74.3 Å². The quantitative estimate of drug-likeness (QED) is 0.248. The molecule has 0 spiro atoms. The van der Waals surface area contributed by atoms with E-state index in [2.05, 4.69) is 10.6 Å². The van der Waals surface area contributed by atoms with Crippen molar-refractivity contribution in [2.24, 2.45) is 17.6 Å². The minimum Gasteiger partial charge on any atom is -0.356 e. The van der Waals surface area contributed by atoms with E-state index in [0.29, 0.717) is 31.1 Å². The van der Waals surface area contributed by atoms with Crippen LogP contribution in [-0.2, 0) is 11.2 Å².